The van der Waals surface area contributed by atoms with Gasteiger partial charge < -0.3 is 10.6 Å². The van der Waals surface area contributed by atoms with Crippen LogP contribution in [0.1, 0.15) is 20.8 Å². The van der Waals surface area contributed by atoms with Crippen LogP contribution in [0.4, 0.5) is 0 Å². The Bertz CT molecular complexity index is 287. The summed E-state index contributed by atoms with van der Waals surface area (Å²) >= 11 is 0. The van der Waals surface area contributed by atoms with E-state index in [-0.39, 0.29) is 11.7 Å². The molecule has 1 aliphatic heterocycles. The van der Waals surface area contributed by atoms with Crippen molar-refractivity contribution in [3.63, 3.8) is 0 Å². The van der Waals surface area contributed by atoms with E-state index in [0.717, 1.165) is 0 Å². The number of piperazine rings is 1. The molecule has 0 radical (unpaired) electrons. The highest BCUT2D eigenvalue weighted by Crippen LogP contribution is 2.16. The van der Waals surface area contributed by atoms with Crippen LogP contribution in [0.25, 0.3) is 0 Å². The second-order valence-corrected chi connectivity index (χ2v) is 4.35. The molecule has 1 rings (SSSR count). The summed E-state index contributed by atoms with van der Waals surface area (Å²) in [5, 5.41) is 5.57. The molecule has 1 fully saturated rings. The molecule has 1 amide bonds. The molecule has 1 heterocycles. The van der Waals surface area contributed by atoms with E-state index in [1.54, 1.807) is 0 Å². The lowest BCUT2D eigenvalue weighted by molar-refractivity contribution is -0.122. The molecular formula is C10H16N2O2. The first kappa shape index (κ1) is 10.8. The Balaban J connectivity index is 2.76. The van der Waals surface area contributed by atoms with Crippen LogP contribution in [0, 0.1) is 5.41 Å². The van der Waals surface area contributed by atoms with Crippen LogP contribution < -0.4 is 10.6 Å². The Kier molecular flexibility index (Phi) is 2.93. The molecule has 0 spiro atoms. The van der Waals surface area contributed by atoms with E-state index in [1.807, 2.05) is 20.8 Å². The molecule has 0 aliphatic carbocycles. The number of hydrogen-bond donors (Lipinski definition) is 2. The van der Waals surface area contributed by atoms with Gasteiger partial charge in [0.05, 0.1) is 0 Å². The van der Waals surface area contributed by atoms with Crippen molar-refractivity contribution in [3.8, 4) is 0 Å². The van der Waals surface area contributed by atoms with Crippen LogP contribution in [-0.2, 0) is 9.59 Å². The van der Waals surface area contributed by atoms with Gasteiger partial charge in [0.2, 0.25) is 0 Å². The van der Waals surface area contributed by atoms with Gasteiger partial charge in [-0.2, -0.15) is 0 Å². The fourth-order valence-electron chi connectivity index (χ4n) is 1.01. The van der Waals surface area contributed by atoms with Gasteiger partial charge in [0, 0.05) is 24.6 Å². The summed E-state index contributed by atoms with van der Waals surface area (Å²) < 4.78 is 0. The Morgan fingerprint density at radius 1 is 1.29 bits per heavy atom. The minimum Gasteiger partial charge on any atom is -0.379 e. The van der Waals surface area contributed by atoms with Gasteiger partial charge in [-0.3, -0.25) is 9.59 Å². The smallest absolute Gasteiger partial charge is 0.267 e. The number of carbonyl (C=O) groups is 2. The molecule has 0 unspecified atom stereocenters. The first-order chi connectivity index (χ1) is 6.41. The number of ketones is 1. The maximum Gasteiger partial charge on any atom is 0.267 e. The number of allylic oxidation sites excluding steroid dienone is 1. The third-order valence-corrected chi connectivity index (χ3v) is 1.99. The van der Waals surface area contributed by atoms with Crippen molar-refractivity contribution >= 4 is 11.7 Å². The number of amides is 1. The topological polar surface area (TPSA) is 58.2 Å². The predicted molar refractivity (Wildman–Crippen MR) is 53.6 cm³/mol. The van der Waals surface area contributed by atoms with Crippen LogP contribution in [0.2, 0.25) is 0 Å². The van der Waals surface area contributed by atoms with Crippen molar-refractivity contribution in [2.75, 3.05) is 13.1 Å². The first-order valence-electron chi connectivity index (χ1n) is 4.69. The lowest BCUT2D eigenvalue weighted by atomic mass is 9.90. The van der Waals surface area contributed by atoms with E-state index in [9.17, 15) is 9.59 Å². The average molecular weight is 196 g/mol. The highest BCUT2D eigenvalue weighted by atomic mass is 16.2. The highest BCUT2D eigenvalue weighted by Gasteiger charge is 2.22. The molecule has 78 valence electrons. The number of rotatable bonds is 1. The molecule has 0 aromatic rings. The second-order valence-electron chi connectivity index (χ2n) is 4.35. The molecule has 0 aromatic carbocycles. The van der Waals surface area contributed by atoms with Crippen molar-refractivity contribution in [1.82, 2.24) is 10.6 Å². The average Bonchev–Trinajstić information content (AvgIpc) is 2.07. The van der Waals surface area contributed by atoms with E-state index >= 15 is 0 Å². The van der Waals surface area contributed by atoms with Gasteiger partial charge in [-0.15, -0.1) is 0 Å². The summed E-state index contributed by atoms with van der Waals surface area (Å²) in [6.45, 7) is 6.77. The summed E-state index contributed by atoms with van der Waals surface area (Å²) in [7, 11) is 0. The molecule has 2 N–H and O–H groups in total. The van der Waals surface area contributed by atoms with Crippen molar-refractivity contribution in [1.29, 1.82) is 0 Å². The van der Waals surface area contributed by atoms with Crippen molar-refractivity contribution in [3.05, 3.63) is 11.8 Å². The molecule has 0 atom stereocenters. The van der Waals surface area contributed by atoms with Crippen LogP contribution in [0.15, 0.2) is 11.8 Å². The standard InChI is InChI=1S/C10H16N2O2/c1-10(2,3)8(13)6-7-9(14)12-5-4-11-7/h6,11H,4-5H2,1-3H3,(H,12,14)/b7-6-. The van der Waals surface area contributed by atoms with Crippen LogP contribution in [-0.4, -0.2) is 24.8 Å². The van der Waals surface area contributed by atoms with E-state index in [0.29, 0.717) is 18.8 Å². The van der Waals surface area contributed by atoms with E-state index in [4.69, 9.17) is 0 Å². The third kappa shape index (κ3) is 2.58. The Hall–Kier alpha value is -1.32. The van der Waals surface area contributed by atoms with Crippen molar-refractivity contribution < 1.29 is 9.59 Å². The zero-order valence-electron chi connectivity index (χ0n) is 8.81. The molecule has 1 aliphatic rings. The fraction of sp³-hybridized carbons (Fsp3) is 0.600. The van der Waals surface area contributed by atoms with E-state index in [2.05, 4.69) is 10.6 Å². The summed E-state index contributed by atoms with van der Waals surface area (Å²) in [6, 6.07) is 0. The van der Waals surface area contributed by atoms with Crippen molar-refractivity contribution in [2.24, 2.45) is 5.41 Å². The SMILES string of the molecule is CC(C)(C)C(=O)/C=C1\NCCNC1=O. The van der Waals surface area contributed by atoms with Crippen LogP contribution in [0.3, 0.4) is 0 Å². The maximum absolute atomic E-state index is 11.6. The van der Waals surface area contributed by atoms with Gasteiger partial charge >= 0.3 is 0 Å². The summed E-state index contributed by atoms with van der Waals surface area (Å²) in [4.78, 5) is 22.8. The van der Waals surface area contributed by atoms with Gasteiger partial charge in [-0.05, 0) is 0 Å². The quantitative estimate of drug-likeness (QED) is 0.589. The molecule has 1 saturated heterocycles. The Morgan fingerprint density at radius 3 is 2.36 bits per heavy atom. The van der Waals surface area contributed by atoms with Gasteiger partial charge in [0.1, 0.15) is 5.70 Å². The normalized spacial score (nSPS) is 20.2. The minimum atomic E-state index is -0.438. The number of carbonyl (C=O) groups excluding carboxylic acids is 2. The van der Waals surface area contributed by atoms with Gasteiger partial charge in [0.15, 0.2) is 5.78 Å². The molecule has 4 nitrogen and oxygen atoms in total. The Morgan fingerprint density at radius 2 is 1.86 bits per heavy atom. The van der Waals surface area contributed by atoms with Gasteiger partial charge in [0.25, 0.3) is 5.91 Å². The van der Waals surface area contributed by atoms with Crippen molar-refractivity contribution in [2.45, 2.75) is 20.8 Å². The molecular weight excluding hydrogens is 180 g/mol. The third-order valence-electron chi connectivity index (χ3n) is 1.99. The zero-order chi connectivity index (χ0) is 10.8. The van der Waals surface area contributed by atoms with Crippen LogP contribution in [0.5, 0.6) is 0 Å². The van der Waals surface area contributed by atoms with E-state index in [1.165, 1.54) is 6.08 Å². The number of hydrogen-bond acceptors (Lipinski definition) is 3. The fourth-order valence-corrected chi connectivity index (χ4v) is 1.01. The zero-order valence-corrected chi connectivity index (χ0v) is 8.81. The largest absolute Gasteiger partial charge is 0.379 e. The minimum absolute atomic E-state index is 0.0444. The predicted octanol–water partition coefficient (Wildman–Crippen LogP) is 0.205. The molecule has 0 bridgehead atoms. The van der Waals surface area contributed by atoms with Crippen LogP contribution >= 0.6 is 0 Å². The lowest BCUT2D eigenvalue weighted by Gasteiger charge is -2.19. The summed E-state index contributed by atoms with van der Waals surface area (Å²) in [5.41, 5.74) is -0.0666. The summed E-state index contributed by atoms with van der Waals surface area (Å²) in [5.74, 6) is -0.245. The first-order valence-corrected chi connectivity index (χ1v) is 4.69. The lowest BCUT2D eigenvalue weighted by Crippen LogP contribution is -2.43. The van der Waals surface area contributed by atoms with Gasteiger partial charge in [-0.25, -0.2) is 0 Å². The molecule has 14 heavy (non-hydrogen) atoms. The number of nitrogens with one attached hydrogen (secondary N) is 2. The van der Waals surface area contributed by atoms with E-state index < -0.39 is 5.41 Å². The Labute approximate surface area is 83.8 Å². The molecule has 0 saturated carbocycles. The summed E-state index contributed by atoms with van der Waals surface area (Å²) in [6.07, 6.45) is 1.38. The maximum atomic E-state index is 11.6. The molecule has 4 heteroatoms. The van der Waals surface area contributed by atoms with Gasteiger partial charge in [-0.1, -0.05) is 20.8 Å². The monoisotopic (exact) mass is 196 g/mol. The molecule has 0 aromatic heterocycles. The second kappa shape index (κ2) is 3.82. The highest BCUT2D eigenvalue weighted by molar-refractivity contribution is 6.03.